The van der Waals surface area contributed by atoms with Crippen LogP contribution in [0.25, 0.3) is 10.9 Å². The Balaban J connectivity index is 2.00. The number of rotatable bonds is 8. The highest BCUT2D eigenvalue weighted by molar-refractivity contribution is 6.17. The van der Waals surface area contributed by atoms with Gasteiger partial charge >= 0.3 is 12.1 Å². The second-order valence-electron chi connectivity index (χ2n) is 7.86. The zero-order valence-corrected chi connectivity index (χ0v) is 18.8. The molecule has 2 aromatic carbocycles. The molecule has 0 aliphatic rings. The predicted molar refractivity (Wildman–Crippen MR) is 118 cm³/mol. The zero-order chi connectivity index (χ0) is 24.3. The van der Waals surface area contributed by atoms with Gasteiger partial charge < -0.3 is 18.9 Å². The topological polar surface area (TPSA) is 60.8 Å². The monoisotopic (exact) mass is 462 g/mol. The molecular weight excluding hydrogens is 437 g/mol. The number of benzene rings is 2. The van der Waals surface area contributed by atoms with E-state index < -0.39 is 23.5 Å². The van der Waals surface area contributed by atoms with Crippen molar-refractivity contribution < 1.29 is 32.2 Å². The Hall–Kier alpha value is -3.33. The highest BCUT2D eigenvalue weighted by Crippen LogP contribution is 2.33. The van der Waals surface area contributed by atoms with Crippen LogP contribution in [0.2, 0.25) is 0 Å². The standard InChI is InChI=1S/C24H25F3N2O4/c1-15-22(23(31)16-5-7-17(8-6-16)24(25,26)27)19-10-9-18(32-4)13-20(19)29(15)14-21(30)33-12-11-28(2)3/h5-10,13H,11-12,14H2,1-4H3. The van der Waals surface area contributed by atoms with Crippen molar-refractivity contribution in [3.05, 3.63) is 64.8 Å². The van der Waals surface area contributed by atoms with Gasteiger partial charge in [0, 0.05) is 29.3 Å². The van der Waals surface area contributed by atoms with Crippen LogP contribution >= 0.6 is 0 Å². The minimum Gasteiger partial charge on any atom is -0.497 e. The zero-order valence-electron chi connectivity index (χ0n) is 18.8. The number of fused-ring (bicyclic) bond motifs is 1. The Labute approximate surface area is 189 Å². The third kappa shape index (κ3) is 5.36. The maximum Gasteiger partial charge on any atom is 0.416 e. The Morgan fingerprint density at radius 3 is 2.30 bits per heavy atom. The van der Waals surface area contributed by atoms with E-state index in [9.17, 15) is 22.8 Å². The third-order valence-corrected chi connectivity index (χ3v) is 5.32. The fourth-order valence-electron chi connectivity index (χ4n) is 3.55. The number of methoxy groups -OCH3 is 1. The van der Waals surface area contributed by atoms with Gasteiger partial charge in [0.05, 0.1) is 23.8 Å². The molecule has 0 aliphatic carbocycles. The molecule has 0 N–H and O–H groups in total. The summed E-state index contributed by atoms with van der Waals surface area (Å²) in [4.78, 5) is 27.6. The summed E-state index contributed by atoms with van der Waals surface area (Å²) in [6, 6.07) is 9.18. The van der Waals surface area contributed by atoms with Crippen LogP contribution in [0.3, 0.4) is 0 Å². The number of aromatic nitrogens is 1. The Kier molecular flexibility index (Phi) is 7.12. The van der Waals surface area contributed by atoms with Crippen LogP contribution in [0.5, 0.6) is 5.75 Å². The summed E-state index contributed by atoms with van der Waals surface area (Å²) in [7, 11) is 5.23. The van der Waals surface area contributed by atoms with Gasteiger partial charge in [-0.05, 0) is 45.3 Å². The number of hydrogen-bond acceptors (Lipinski definition) is 5. The maximum absolute atomic E-state index is 13.3. The molecule has 0 bridgehead atoms. The molecule has 0 amide bonds. The van der Waals surface area contributed by atoms with Crippen LogP contribution < -0.4 is 4.74 Å². The summed E-state index contributed by atoms with van der Waals surface area (Å²) in [6.07, 6.45) is -4.49. The Morgan fingerprint density at radius 2 is 1.73 bits per heavy atom. The second-order valence-corrected chi connectivity index (χ2v) is 7.86. The van der Waals surface area contributed by atoms with E-state index in [0.29, 0.717) is 34.5 Å². The third-order valence-electron chi connectivity index (χ3n) is 5.32. The van der Waals surface area contributed by atoms with Gasteiger partial charge in [0.15, 0.2) is 5.78 Å². The molecular formula is C24H25F3N2O4. The number of ether oxygens (including phenoxy) is 2. The molecule has 33 heavy (non-hydrogen) atoms. The molecule has 9 heteroatoms. The van der Waals surface area contributed by atoms with Crippen molar-refractivity contribution in [1.29, 1.82) is 0 Å². The molecule has 0 saturated carbocycles. The van der Waals surface area contributed by atoms with Gasteiger partial charge in [-0.1, -0.05) is 12.1 Å². The van der Waals surface area contributed by atoms with Gasteiger partial charge in [-0.2, -0.15) is 13.2 Å². The first kappa shape index (κ1) is 24.3. The minimum atomic E-state index is -4.49. The van der Waals surface area contributed by atoms with Crippen molar-refractivity contribution in [2.75, 3.05) is 34.4 Å². The largest absolute Gasteiger partial charge is 0.497 e. The smallest absolute Gasteiger partial charge is 0.416 e. The van der Waals surface area contributed by atoms with E-state index in [1.165, 1.54) is 7.11 Å². The normalized spacial score (nSPS) is 11.8. The number of carbonyl (C=O) groups is 2. The lowest BCUT2D eigenvalue weighted by atomic mass is 9.99. The average Bonchev–Trinajstić information content (AvgIpc) is 3.03. The molecule has 0 atom stereocenters. The molecule has 176 valence electrons. The molecule has 0 radical (unpaired) electrons. The molecule has 6 nitrogen and oxygen atoms in total. The lowest BCUT2D eigenvalue weighted by Gasteiger charge is -2.12. The summed E-state index contributed by atoms with van der Waals surface area (Å²) in [5.74, 6) is -0.361. The predicted octanol–water partition coefficient (Wildman–Crippen LogP) is 4.31. The van der Waals surface area contributed by atoms with Crippen LogP contribution in [-0.4, -0.2) is 55.6 Å². The van der Waals surface area contributed by atoms with E-state index in [1.54, 1.807) is 29.7 Å². The Bertz CT molecular complexity index is 1170. The number of nitrogens with zero attached hydrogens (tertiary/aromatic N) is 2. The molecule has 0 fully saturated rings. The first-order valence-corrected chi connectivity index (χ1v) is 10.2. The second kappa shape index (κ2) is 9.66. The molecule has 0 spiro atoms. The number of carbonyl (C=O) groups excluding carboxylic acids is 2. The van der Waals surface area contributed by atoms with E-state index in [1.807, 2.05) is 19.0 Å². The molecule has 0 unspecified atom stereocenters. The van der Waals surface area contributed by atoms with Crippen molar-refractivity contribution in [3.63, 3.8) is 0 Å². The van der Waals surface area contributed by atoms with Crippen molar-refractivity contribution in [3.8, 4) is 5.75 Å². The van der Waals surface area contributed by atoms with Gasteiger partial charge in [-0.25, -0.2) is 0 Å². The van der Waals surface area contributed by atoms with Gasteiger partial charge in [0.2, 0.25) is 0 Å². The number of likely N-dealkylation sites (N-methyl/N-ethyl adjacent to an activating group) is 1. The minimum absolute atomic E-state index is 0.120. The maximum atomic E-state index is 13.3. The number of halogens is 3. The SMILES string of the molecule is COc1ccc2c(C(=O)c3ccc(C(F)(F)F)cc3)c(C)n(CC(=O)OCCN(C)C)c2c1. The molecule has 3 aromatic rings. The number of ketones is 1. The number of alkyl halides is 3. The quantitative estimate of drug-likeness (QED) is 0.369. The van der Waals surface area contributed by atoms with Gasteiger partial charge in [-0.3, -0.25) is 9.59 Å². The van der Waals surface area contributed by atoms with E-state index >= 15 is 0 Å². The molecule has 1 aromatic heterocycles. The summed E-state index contributed by atoms with van der Waals surface area (Å²) in [6.45, 7) is 2.37. The van der Waals surface area contributed by atoms with Crippen molar-refractivity contribution in [2.24, 2.45) is 0 Å². The van der Waals surface area contributed by atoms with Crippen molar-refractivity contribution in [1.82, 2.24) is 9.47 Å². The van der Waals surface area contributed by atoms with E-state index in [0.717, 1.165) is 24.3 Å². The van der Waals surface area contributed by atoms with Gasteiger partial charge in [-0.15, -0.1) is 0 Å². The van der Waals surface area contributed by atoms with Crippen LogP contribution in [0, 0.1) is 6.92 Å². The molecule has 0 saturated heterocycles. The Morgan fingerprint density at radius 1 is 1.06 bits per heavy atom. The number of esters is 1. The molecule has 3 rings (SSSR count). The average molecular weight is 462 g/mol. The first-order chi connectivity index (χ1) is 15.5. The highest BCUT2D eigenvalue weighted by atomic mass is 19.4. The van der Waals surface area contributed by atoms with E-state index in [-0.39, 0.29) is 18.7 Å². The fourth-order valence-corrected chi connectivity index (χ4v) is 3.55. The van der Waals surface area contributed by atoms with E-state index in [2.05, 4.69) is 0 Å². The van der Waals surface area contributed by atoms with Crippen LogP contribution in [0.1, 0.15) is 27.2 Å². The number of hydrogen-bond donors (Lipinski definition) is 0. The molecule has 1 heterocycles. The summed E-state index contributed by atoms with van der Waals surface area (Å²) in [5.41, 5.74) is 0.700. The molecule has 0 aliphatic heterocycles. The lowest BCUT2D eigenvalue weighted by molar-refractivity contribution is -0.144. The summed E-state index contributed by atoms with van der Waals surface area (Å²) in [5, 5.41) is 0.569. The summed E-state index contributed by atoms with van der Waals surface area (Å²) >= 11 is 0. The first-order valence-electron chi connectivity index (χ1n) is 10.2. The van der Waals surface area contributed by atoms with Gasteiger partial charge in [0.1, 0.15) is 18.9 Å². The highest BCUT2D eigenvalue weighted by Gasteiger charge is 2.30. The lowest BCUT2D eigenvalue weighted by Crippen LogP contribution is -2.22. The van der Waals surface area contributed by atoms with Crippen molar-refractivity contribution in [2.45, 2.75) is 19.6 Å². The van der Waals surface area contributed by atoms with E-state index in [4.69, 9.17) is 9.47 Å². The summed E-state index contributed by atoms with van der Waals surface area (Å²) < 4.78 is 50.9. The van der Waals surface area contributed by atoms with Crippen molar-refractivity contribution >= 4 is 22.7 Å². The van der Waals surface area contributed by atoms with Crippen LogP contribution in [0.15, 0.2) is 42.5 Å². The van der Waals surface area contributed by atoms with Crippen LogP contribution in [0.4, 0.5) is 13.2 Å². The van der Waals surface area contributed by atoms with Crippen LogP contribution in [-0.2, 0) is 22.3 Å². The van der Waals surface area contributed by atoms with Gasteiger partial charge in [0.25, 0.3) is 0 Å². The fraction of sp³-hybridized carbons (Fsp3) is 0.333.